The number of hydrogen-bond acceptors (Lipinski definition) is 5. The van der Waals surface area contributed by atoms with Crippen LogP contribution in [0.25, 0.3) is 10.2 Å². The van der Waals surface area contributed by atoms with Gasteiger partial charge < -0.3 is 10.1 Å². The van der Waals surface area contributed by atoms with Crippen molar-refractivity contribution in [1.82, 2.24) is 9.97 Å². The SMILES string of the molecule is O=S(=O)(Nc1ccc2ncsc2c1)c1c[nH]c(CO)c1. The molecule has 0 radical (unpaired) electrons. The Hall–Kier alpha value is -1.90. The van der Waals surface area contributed by atoms with Crippen LogP contribution in [-0.4, -0.2) is 23.5 Å². The lowest BCUT2D eigenvalue weighted by molar-refractivity contribution is 0.277. The third-order valence-corrected chi connectivity index (χ3v) is 4.93. The number of thiazole rings is 1. The van der Waals surface area contributed by atoms with Gasteiger partial charge in [-0.25, -0.2) is 13.4 Å². The predicted molar refractivity (Wildman–Crippen MR) is 77.1 cm³/mol. The van der Waals surface area contributed by atoms with Crippen LogP contribution in [0.15, 0.2) is 40.9 Å². The van der Waals surface area contributed by atoms with Crippen LogP contribution in [0.3, 0.4) is 0 Å². The summed E-state index contributed by atoms with van der Waals surface area (Å²) in [5.41, 5.74) is 3.47. The number of aliphatic hydroxyl groups is 1. The van der Waals surface area contributed by atoms with Gasteiger partial charge in [-0.15, -0.1) is 11.3 Å². The first-order valence-corrected chi connectivity index (χ1v) is 8.09. The summed E-state index contributed by atoms with van der Waals surface area (Å²) in [7, 11) is -3.66. The van der Waals surface area contributed by atoms with Gasteiger partial charge in [0.2, 0.25) is 0 Å². The molecule has 8 heteroatoms. The van der Waals surface area contributed by atoms with Gasteiger partial charge in [0.25, 0.3) is 10.0 Å². The van der Waals surface area contributed by atoms with Crippen LogP contribution in [0.2, 0.25) is 0 Å². The molecule has 0 aliphatic rings. The van der Waals surface area contributed by atoms with Gasteiger partial charge in [0, 0.05) is 11.9 Å². The van der Waals surface area contributed by atoms with Gasteiger partial charge in [0.15, 0.2) is 0 Å². The number of benzene rings is 1. The Kier molecular flexibility index (Phi) is 3.20. The zero-order valence-electron chi connectivity index (χ0n) is 10.2. The second kappa shape index (κ2) is 4.89. The van der Waals surface area contributed by atoms with E-state index in [-0.39, 0.29) is 11.5 Å². The Labute approximate surface area is 119 Å². The normalized spacial score (nSPS) is 11.8. The highest BCUT2D eigenvalue weighted by Crippen LogP contribution is 2.24. The lowest BCUT2D eigenvalue weighted by Crippen LogP contribution is -2.12. The molecule has 0 aliphatic carbocycles. The van der Waals surface area contributed by atoms with Crippen molar-refractivity contribution in [2.75, 3.05) is 4.72 Å². The van der Waals surface area contributed by atoms with Crippen molar-refractivity contribution < 1.29 is 13.5 Å². The number of hydrogen-bond donors (Lipinski definition) is 3. The smallest absolute Gasteiger partial charge is 0.263 e. The van der Waals surface area contributed by atoms with Crippen LogP contribution in [-0.2, 0) is 16.6 Å². The summed E-state index contributed by atoms with van der Waals surface area (Å²) in [5, 5.41) is 8.95. The predicted octanol–water partition coefficient (Wildman–Crippen LogP) is 1.92. The zero-order chi connectivity index (χ0) is 14.2. The van der Waals surface area contributed by atoms with Gasteiger partial charge in [-0.1, -0.05) is 0 Å². The Morgan fingerprint density at radius 2 is 2.20 bits per heavy atom. The highest BCUT2D eigenvalue weighted by atomic mass is 32.2. The van der Waals surface area contributed by atoms with E-state index < -0.39 is 10.0 Å². The van der Waals surface area contributed by atoms with E-state index in [1.165, 1.54) is 23.6 Å². The quantitative estimate of drug-likeness (QED) is 0.686. The number of H-pyrrole nitrogens is 1. The number of nitrogens with zero attached hydrogens (tertiary/aromatic N) is 1. The summed E-state index contributed by atoms with van der Waals surface area (Å²) < 4.78 is 27.8. The lowest BCUT2D eigenvalue weighted by atomic mass is 10.3. The van der Waals surface area contributed by atoms with Gasteiger partial charge >= 0.3 is 0 Å². The minimum Gasteiger partial charge on any atom is -0.390 e. The molecule has 104 valence electrons. The summed E-state index contributed by atoms with van der Waals surface area (Å²) >= 11 is 1.45. The third-order valence-electron chi connectivity index (χ3n) is 2.78. The molecule has 0 fully saturated rings. The summed E-state index contributed by atoms with van der Waals surface area (Å²) in [6, 6.07) is 6.57. The molecule has 2 aromatic heterocycles. The van der Waals surface area contributed by atoms with Crippen molar-refractivity contribution in [3.05, 3.63) is 41.7 Å². The molecule has 0 saturated heterocycles. The van der Waals surface area contributed by atoms with Crippen LogP contribution in [0, 0.1) is 0 Å². The second-order valence-corrected chi connectivity index (χ2v) is 6.73. The summed E-state index contributed by atoms with van der Waals surface area (Å²) in [6.45, 7) is -0.234. The number of sulfonamides is 1. The van der Waals surface area contributed by atoms with Crippen LogP contribution < -0.4 is 4.72 Å². The Morgan fingerprint density at radius 1 is 1.35 bits per heavy atom. The molecule has 3 aromatic rings. The number of fused-ring (bicyclic) bond motifs is 1. The van der Waals surface area contributed by atoms with Gasteiger partial charge in [0.05, 0.1) is 28.0 Å². The van der Waals surface area contributed by atoms with Gasteiger partial charge in [-0.05, 0) is 24.3 Å². The monoisotopic (exact) mass is 309 g/mol. The summed E-state index contributed by atoms with van der Waals surface area (Å²) in [6.07, 6.45) is 1.35. The maximum absolute atomic E-state index is 12.2. The molecule has 0 amide bonds. The van der Waals surface area contributed by atoms with Crippen LogP contribution in [0.4, 0.5) is 5.69 Å². The fraction of sp³-hybridized carbons (Fsp3) is 0.0833. The van der Waals surface area contributed by atoms with Crippen molar-refractivity contribution in [1.29, 1.82) is 0 Å². The van der Waals surface area contributed by atoms with E-state index in [9.17, 15) is 8.42 Å². The largest absolute Gasteiger partial charge is 0.390 e. The standard InChI is InChI=1S/C12H11N3O3S2/c16-6-9-3-10(5-13-9)20(17,18)15-8-1-2-11-12(4-8)19-7-14-11/h1-5,7,13,15-16H,6H2. The summed E-state index contributed by atoms with van der Waals surface area (Å²) in [5.74, 6) is 0. The zero-order valence-corrected chi connectivity index (χ0v) is 11.8. The van der Waals surface area contributed by atoms with E-state index in [0.29, 0.717) is 11.4 Å². The van der Waals surface area contributed by atoms with E-state index in [2.05, 4.69) is 14.7 Å². The molecule has 20 heavy (non-hydrogen) atoms. The van der Waals surface area contributed by atoms with E-state index in [0.717, 1.165) is 10.2 Å². The average molecular weight is 309 g/mol. The summed E-state index contributed by atoms with van der Waals surface area (Å²) in [4.78, 5) is 6.92. The first-order valence-electron chi connectivity index (χ1n) is 5.73. The van der Waals surface area contributed by atoms with Crippen LogP contribution in [0.5, 0.6) is 0 Å². The number of anilines is 1. The fourth-order valence-corrected chi connectivity index (χ4v) is 3.58. The van der Waals surface area contributed by atoms with Crippen molar-refractivity contribution >= 4 is 37.3 Å². The highest BCUT2D eigenvalue weighted by Gasteiger charge is 2.16. The molecule has 6 nitrogen and oxygen atoms in total. The molecule has 1 aromatic carbocycles. The third kappa shape index (κ3) is 2.40. The minimum atomic E-state index is -3.66. The number of aromatic nitrogens is 2. The first kappa shape index (κ1) is 13.1. The Balaban J connectivity index is 1.92. The maximum Gasteiger partial charge on any atom is 0.263 e. The molecule has 0 atom stereocenters. The van der Waals surface area contributed by atoms with E-state index in [4.69, 9.17) is 5.11 Å². The van der Waals surface area contributed by atoms with Crippen LogP contribution >= 0.6 is 11.3 Å². The maximum atomic E-state index is 12.2. The van der Waals surface area contributed by atoms with Gasteiger partial charge in [-0.3, -0.25) is 4.72 Å². The number of rotatable bonds is 4. The van der Waals surface area contributed by atoms with Crippen molar-refractivity contribution in [3.63, 3.8) is 0 Å². The van der Waals surface area contributed by atoms with Crippen molar-refractivity contribution in [3.8, 4) is 0 Å². The second-order valence-electron chi connectivity index (χ2n) is 4.16. The molecular weight excluding hydrogens is 298 g/mol. The first-order chi connectivity index (χ1) is 9.58. The Morgan fingerprint density at radius 3 is 2.95 bits per heavy atom. The molecule has 0 saturated carbocycles. The lowest BCUT2D eigenvalue weighted by Gasteiger charge is -2.06. The van der Waals surface area contributed by atoms with E-state index >= 15 is 0 Å². The molecule has 3 rings (SSSR count). The van der Waals surface area contributed by atoms with Crippen molar-refractivity contribution in [2.45, 2.75) is 11.5 Å². The molecule has 3 N–H and O–H groups in total. The molecular formula is C12H11N3O3S2. The fourth-order valence-electron chi connectivity index (χ4n) is 1.80. The highest BCUT2D eigenvalue weighted by molar-refractivity contribution is 7.92. The average Bonchev–Trinajstić information content (AvgIpc) is 3.06. The minimum absolute atomic E-state index is 0.0888. The van der Waals surface area contributed by atoms with Gasteiger partial charge in [0.1, 0.15) is 4.90 Å². The molecule has 0 bridgehead atoms. The molecule has 2 heterocycles. The Bertz CT molecular complexity index is 852. The van der Waals surface area contributed by atoms with Gasteiger partial charge in [-0.2, -0.15) is 0 Å². The number of nitrogens with one attached hydrogen (secondary N) is 2. The number of aliphatic hydroxyl groups excluding tert-OH is 1. The molecule has 0 unspecified atom stereocenters. The number of aromatic amines is 1. The topological polar surface area (TPSA) is 95.1 Å². The molecule has 0 spiro atoms. The van der Waals surface area contributed by atoms with Crippen molar-refractivity contribution in [2.24, 2.45) is 0 Å². The van der Waals surface area contributed by atoms with E-state index in [1.807, 2.05) is 0 Å². The molecule has 0 aliphatic heterocycles. The van der Waals surface area contributed by atoms with Crippen LogP contribution in [0.1, 0.15) is 5.69 Å². The van der Waals surface area contributed by atoms with E-state index in [1.54, 1.807) is 23.7 Å².